The van der Waals surface area contributed by atoms with E-state index >= 15 is 0 Å². The lowest BCUT2D eigenvalue weighted by Gasteiger charge is -2.37. The highest BCUT2D eigenvalue weighted by atomic mass is 79.9. The van der Waals surface area contributed by atoms with Gasteiger partial charge in [-0.2, -0.15) is 11.8 Å². The van der Waals surface area contributed by atoms with Crippen LogP contribution in [-0.4, -0.2) is 70.0 Å². The van der Waals surface area contributed by atoms with Crippen molar-refractivity contribution >= 4 is 56.8 Å². The molecule has 192 valence electrons. The zero-order valence-electron chi connectivity index (χ0n) is 19.6. The number of hydrogen-bond donors (Lipinski definition) is 2. The fourth-order valence-electron chi connectivity index (χ4n) is 4.22. The molecule has 2 aromatic rings. The van der Waals surface area contributed by atoms with E-state index in [1.807, 2.05) is 5.38 Å². The van der Waals surface area contributed by atoms with E-state index in [0.29, 0.717) is 45.1 Å². The van der Waals surface area contributed by atoms with Crippen LogP contribution in [0.3, 0.4) is 0 Å². The summed E-state index contributed by atoms with van der Waals surface area (Å²) in [6, 6.07) is 3.61. The number of halogens is 2. The van der Waals surface area contributed by atoms with Crippen molar-refractivity contribution < 1.29 is 23.8 Å². The molecule has 0 spiro atoms. The summed E-state index contributed by atoms with van der Waals surface area (Å²) in [5.41, 5.74) is 1.60. The van der Waals surface area contributed by atoms with Gasteiger partial charge in [-0.15, -0.1) is 11.3 Å². The van der Waals surface area contributed by atoms with Gasteiger partial charge < -0.3 is 15.2 Å². The van der Waals surface area contributed by atoms with Gasteiger partial charge in [0.25, 0.3) is 0 Å². The first-order valence-corrected chi connectivity index (χ1v) is 14.3. The maximum Gasteiger partial charge on any atom is 0.338 e. The summed E-state index contributed by atoms with van der Waals surface area (Å²) < 4.78 is 19.8. The number of aromatic nitrogens is 1. The van der Waals surface area contributed by atoms with Crippen molar-refractivity contribution in [1.82, 2.24) is 15.2 Å². The molecule has 1 aromatic heterocycles. The molecule has 0 amide bonds. The first-order chi connectivity index (χ1) is 17.4. The number of carbonyl (C=O) groups excluding carboxylic acids is 1. The Morgan fingerprint density at radius 2 is 2.22 bits per heavy atom. The van der Waals surface area contributed by atoms with Crippen molar-refractivity contribution in [2.45, 2.75) is 31.8 Å². The summed E-state index contributed by atoms with van der Waals surface area (Å²) in [7, 11) is 0. The number of nitrogens with one attached hydrogen (secondary N) is 1. The molecule has 0 saturated carbocycles. The van der Waals surface area contributed by atoms with E-state index in [0.717, 1.165) is 18.1 Å². The van der Waals surface area contributed by atoms with Crippen LogP contribution >= 0.6 is 39.0 Å². The Labute approximate surface area is 225 Å². The fourth-order valence-corrected chi connectivity index (χ4v) is 6.56. The number of aliphatic imine (C=N–C) groups is 1. The molecular weight excluding hydrogens is 571 g/mol. The second-order valence-electron chi connectivity index (χ2n) is 8.25. The quantitative estimate of drug-likeness (QED) is 0.414. The monoisotopic (exact) mass is 596 g/mol. The van der Waals surface area contributed by atoms with Crippen molar-refractivity contribution in [1.29, 1.82) is 0 Å². The second kappa shape index (κ2) is 12.3. The van der Waals surface area contributed by atoms with Crippen molar-refractivity contribution in [2.24, 2.45) is 4.99 Å². The molecule has 8 nitrogen and oxygen atoms in total. The van der Waals surface area contributed by atoms with Gasteiger partial charge >= 0.3 is 11.9 Å². The topological polar surface area (TPSA) is 104 Å². The predicted molar refractivity (Wildman–Crippen MR) is 142 cm³/mol. The molecule has 1 saturated heterocycles. The van der Waals surface area contributed by atoms with Crippen LogP contribution in [-0.2, 0) is 14.3 Å². The largest absolute Gasteiger partial charge is 0.481 e. The van der Waals surface area contributed by atoms with Crippen LogP contribution in [0, 0.1) is 5.82 Å². The maximum atomic E-state index is 13.9. The van der Waals surface area contributed by atoms with Gasteiger partial charge in [-0.25, -0.2) is 14.2 Å². The van der Waals surface area contributed by atoms with Gasteiger partial charge in [0.2, 0.25) is 0 Å². The first-order valence-electron chi connectivity index (χ1n) is 11.5. The molecular formula is C24H26BrFN4O4S2. The van der Waals surface area contributed by atoms with Crippen molar-refractivity contribution in [2.75, 3.05) is 31.2 Å². The fraction of sp³-hybridized carbons (Fsp3) is 0.417. The Balaban J connectivity index is 1.78. The Hall–Kier alpha value is -2.28. The minimum absolute atomic E-state index is 0.0516. The second-order valence-corrected chi connectivity index (χ2v) is 11.2. The van der Waals surface area contributed by atoms with Gasteiger partial charge in [-0.3, -0.25) is 14.7 Å². The number of aliphatic carboxylic acids is 1. The van der Waals surface area contributed by atoms with Crippen molar-refractivity contribution in [3.05, 3.63) is 61.9 Å². The number of carboxylic acid groups (broad SMARTS) is 1. The van der Waals surface area contributed by atoms with Gasteiger partial charge in [0, 0.05) is 58.8 Å². The van der Waals surface area contributed by atoms with Crippen LogP contribution in [0.5, 0.6) is 0 Å². The number of thioether (sulfide) groups is 1. The van der Waals surface area contributed by atoms with Gasteiger partial charge in [-0.1, -0.05) is 22.0 Å². The number of carboxylic acids is 1. The van der Waals surface area contributed by atoms with Crippen LogP contribution in [0.15, 0.2) is 50.5 Å². The highest BCUT2D eigenvalue weighted by Crippen LogP contribution is 2.37. The van der Waals surface area contributed by atoms with Crippen LogP contribution in [0.1, 0.15) is 36.4 Å². The first kappa shape index (κ1) is 26.8. The Morgan fingerprint density at radius 1 is 1.39 bits per heavy atom. The van der Waals surface area contributed by atoms with Crippen LogP contribution < -0.4 is 5.32 Å². The molecule has 0 aliphatic carbocycles. The number of rotatable bonds is 9. The lowest BCUT2D eigenvalue weighted by molar-refractivity contribution is -0.139. The molecule has 0 unspecified atom stereocenters. The molecule has 0 radical (unpaired) electrons. The van der Waals surface area contributed by atoms with Gasteiger partial charge in [0.15, 0.2) is 10.8 Å². The summed E-state index contributed by atoms with van der Waals surface area (Å²) in [6.07, 6.45) is 2.28. The van der Waals surface area contributed by atoms with Crippen molar-refractivity contribution in [3.63, 3.8) is 0 Å². The number of ether oxygens (including phenoxy) is 1. The standard InChI is InChI=1S/C24H26BrFN4O4S2/c1-2-34-24(33)20-18(12-30-8-10-35-13-15(30)4-6-19(31)32)28-22(23-27-7-9-36-23)29-21(20)16-5-3-14(26)11-17(16)25/h3,5,7,9,11,15,21H,2,4,6,8,10,12-13H2,1H3,(H,28,29)(H,31,32)/t15-,21+/m1/s1. The predicted octanol–water partition coefficient (Wildman–Crippen LogP) is 4.24. The maximum absolute atomic E-state index is 13.9. The Morgan fingerprint density at radius 3 is 2.92 bits per heavy atom. The number of carbonyl (C=O) groups is 2. The molecule has 36 heavy (non-hydrogen) atoms. The molecule has 3 heterocycles. The third-order valence-electron chi connectivity index (χ3n) is 5.92. The highest BCUT2D eigenvalue weighted by molar-refractivity contribution is 9.10. The molecule has 4 rings (SSSR count). The smallest absolute Gasteiger partial charge is 0.338 e. The lowest BCUT2D eigenvalue weighted by atomic mass is 9.95. The molecule has 0 bridgehead atoms. The molecule has 2 aliphatic rings. The van der Waals surface area contributed by atoms with Gasteiger partial charge in [0.05, 0.1) is 12.2 Å². The summed E-state index contributed by atoms with van der Waals surface area (Å²) in [5, 5.41) is 15.0. The van der Waals surface area contributed by atoms with Crippen LogP contribution in [0.2, 0.25) is 0 Å². The van der Waals surface area contributed by atoms with E-state index < -0.39 is 23.8 Å². The summed E-state index contributed by atoms with van der Waals surface area (Å²) in [5.74, 6) is 0.505. The van der Waals surface area contributed by atoms with Gasteiger partial charge in [-0.05, 0) is 31.0 Å². The van der Waals surface area contributed by atoms with Crippen LogP contribution in [0.25, 0.3) is 0 Å². The zero-order chi connectivity index (χ0) is 25.7. The lowest BCUT2D eigenvalue weighted by Crippen LogP contribution is -2.47. The average molecular weight is 598 g/mol. The number of hydrogen-bond acceptors (Lipinski definition) is 9. The minimum atomic E-state index is -0.827. The Bertz CT molecular complexity index is 1170. The molecule has 1 aromatic carbocycles. The van der Waals surface area contributed by atoms with E-state index in [1.54, 1.807) is 30.9 Å². The summed E-state index contributed by atoms with van der Waals surface area (Å²) in [6.45, 7) is 3.08. The number of benzene rings is 1. The summed E-state index contributed by atoms with van der Waals surface area (Å²) >= 11 is 6.66. The summed E-state index contributed by atoms with van der Waals surface area (Å²) in [4.78, 5) is 36.0. The number of nitrogens with zero attached hydrogens (tertiary/aromatic N) is 3. The number of esters is 1. The van der Waals surface area contributed by atoms with Crippen molar-refractivity contribution in [3.8, 4) is 0 Å². The van der Waals surface area contributed by atoms with E-state index in [4.69, 9.17) is 9.73 Å². The van der Waals surface area contributed by atoms with Gasteiger partial charge in [0.1, 0.15) is 11.9 Å². The molecule has 2 atom stereocenters. The number of thiazole rings is 1. The number of amidine groups is 1. The minimum Gasteiger partial charge on any atom is -0.481 e. The average Bonchev–Trinajstić information content (AvgIpc) is 3.38. The third-order valence-corrected chi connectivity index (χ3v) is 8.47. The molecule has 1 fully saturated rings. The van der Waals surface area contributed by atoms with E-state index in [9.17, 15) is 19.1 Å². The van der Waals surface area contributed by atoms with E-state index in [-0.39, 0.29) is 19.1 Å². The normalized spacial score (nSPS) is 20.6. The van der Waals surface area contributed by atoms with E-state index in [2.05, 4.69) is 31.1 Å². The Kier molecular flexibility index (Phi) is 9.15. The molecule has 2 N–H and O–H groups in total. The molecule has 12 heteroatoms. The SMILES string of the molecule is CCOC(=O)C1=C(CN2CCSC[C@H]2CCC(=O)O)NC(c2nccs2)=N[C@H]1c1ccc(F)cc1Br. The zero-order valence-corrected chi connectivity index (χ0v) is 22.8. The van der Waals surface area contributed by atoms with E-state index in [1.165, 1.54) is 23.5 Å². The van der Waals surface area contributed by atoms with Crippen LogP contribution in [0.4, 0.5) is 4.39 Å². The highest BCUT2D eigenvalue weighted by Gasteiger charge is 2.35. The molecule has 2 aliphatic heterocycles. The third kappa shape index (κ3) is 6.34.